The van der Waals surface area contributed by atoms with Crippen LogP contribution >= 0.6 is 0 Å². The molecule has 16 heavy (non-hydrogen) atoms. The highest BCUT2D eigenvalue weighted by Gasteiger charge is 2.25. The van der Waals surface area contributed by atoms with Crippen LogP contribution in [-0.2, 0) is 13.5 Å². The SMILES string of the molecule is CCCc1nn(C)c(NCCN)c1[N+](=O)[O-]. The van der Waals surface area contributed by atoms with Crippen LogP contribution in [0.5, 0.6) is 0 Å². The Hall–Kier alpha value is -1.63. The third kappa shape index (κ3) is 2.48. The summed E-state index contributed by atoms with van der Waals surface area (Å²) >= 11 is 0. The number of nitrogens with one attached hydrogen (secondary N) is 1. The zero-order valence-corrected chi connectivity index (χ0v) is 9.56. The van der Waals surface area contributed by atoms with Gasteiger partial charge in [-0.05, 0) is 6.42 Å². The Labute approximate surface area is 93.8 Å². The molecule has 0 aliphatic carbocycles. The van der Waals surface area contributed by atoms with Crippen LogP contribution in [0.25, 0.3) is 0 Å². The van der Waals surface area contributed by atoms with Crippen molar-refractivity contribution in [2.24, 2.45) is 12.8 Å². The van der Waals surface area contributed by atoms with Gasteiger partial charge in [0, 0.05) is 20.1 Å². The number of aromatic nitrogens is 2. The molecule has 0 atom stereocenters. The Morgan fingerprint density at radius 3 is 2.81 bits per heavy atom. The molecular weight excluding hydrogens is 210 g/mol. The van der Waals surface area contributed by atoms with Crippen molar-refractivity contribution >= 4 is 11.5 Å². The average molecular weight is 227 g/mol. The number of hydrogen-bond donors (Lipinski definition) is 2. The Balaban J connectivity index is 3.08. The maximum Gasteiger partial charge on any atom is 0.333 e. The molecule has 7 heteroatoms. The maximum atomic E-state index is 11.0. The van der Waals surface area contributed by atoms with Crippen molar-refractivity contribution in [1.82, 2.24) is 9.78 Å². The number of nitrogens with zero attached hydrogens (tertiary/aromatic N) is 3. The van der Waals surface area contributed by atoms with Crippen LogP contribution < -0.4 is 11.1 Å². The summed E-state index contributed by atoms with van der Waals surface area (Å²) in [6, 6.07) is 0. The molecule has 90 valence electrons. The Morgan fingerprint density at radius 1 is 1.62 bits per heavy atom. The summed E-state index contributed by atoms with van der Waals surface area (Å²) in [5.74, 6) is 0.430. The quantitative estimate of drug-likeness (QED) is 0.549. The summed E-state index contributed by atoms with van der Waals surface area (Å²) in [7, 11) is 1.69. The van der Waals surface area contributed by atoms with Crippen molar-refractivity contribution in [1.29, 1.82) is 0 Å². The summed E-state index contributed by atoms with van der Waals surface area (Å²) in [6.45, 7) is 2.88. The predicted octanol–water partition coefficient (Wildman–Crippen LogP) is 0.651. The third-order valence-electron chi connectivity index (χ3n) is 2.20. The van der Waals surface area contributed by atoms with Crippen LogP contribution in [0.15, 0.2) is 0 Å². The Kier molecular flexibility index (Phi) is 4.24. The predicted molar refractivity (Wildman–Crippen MR) is 61.4 cm³/mol. The lowest BCUT2D eigenvalue weighted by atomic mass is 10.2. The molecule has 0 fully saturated rings. The van der Waals surface area contributed by atoms with E-state index in [-0.39, 0.29) is 5.69 Å². The lowest BCUT2D eigenvalue weighted by Gasteiger charge is -2.03. The fourth-order valence-electron chi connectivity index (χ4n) is 1.55. The molecule has 0 unspecified atom stereocenters. The van der Waals surface area contributed by atoms with Crippen LogP contribution in [0.4, 0.5) is 11.5 Å². The molecule has 3 N–H and O–H groups in total. The molecule has 0 amide bonds. The fraction of sp³-hybridized carbons (Fsp3) is 0.667. The van der Waals surface area contributed by atoms with Gasteiger partial charge < -0.3 is 11.1 Å². The number of anilines is 1. The number of rotatable bonds is 6. The standard InChI is InChI=1S/C9H17N5O2/c1-3-4-7-8(14(15)16)9(11-6-5-10)13(2)12-7/h11H,3-6,10H2,1-2H3. The Morgan fingerprint density at radius 2 is 2.31 bits per heavy atom. The second-order valence-corrected chi connectivity index (χ2v) is 3.49. The van der Waals surface area contributed by atoms with E-state index in [2.05, 4.69) is 10.4 Å². The molecule has 1 aromatic heterocycles. The molecule has 1 rings (SSSR count). The molecule has 0 spiro atoms. The first-order valence-corrected chi connectivity index (χ1v) is 5.26. The van der Waals surface area contributed by atoms with E-state index in [0.717, 1.165) is 6.42 Å². The van der Waals surface area contributed by atoms with Gasteiger partial charge in [0.25, 0.3) is 0 Å². The van der Waals surface area contributed by atoms with Gasteiger partial charge in [0.1, 0.15) is 5.69 Å². The molecule has 0 saturated carbocycles. The third-order valence-corrected chi connectivity index (χ3v) is 2.20. The number of aryl methyl sites for hydroxylation is 2. The number of nitrogens with two attached hydrogens (primary N) is 1. The van der Waals surface area contributed by atoms with Crippen molar-refractivity contribution in [2.45, 2.75) is 19.8 Å². The van der Waals surface area contributed by atoms with E-state index in [1.165, 1.54) is 4.68 Å². The lowest BCUT2D eigenvalue weighted by Crippen LogP contribution is -2.15. The highest BCUT2D eigenvalue weighted by atomic mass is 16.6. The second kappa shape index (κ2) is 5.45. The molecule has 7 nitrogen and oxygen atoms in total. The minimum absolute atomic E-state index is 0.0674. The van der Waals surface area contributed by atoms with Crippen molar-refractivity contribution in [3.63, 3.8) is 0 Å². The molecule has 0 bridgehead atoms. The van der Waals surface area contributed by atoms with Crippen molar-refractivity contribution in [2.75, 3.05) is 18.4 Å². The minimum Gasteiger partial charge on any atom is -0.363 e. The molecule has 0 aliphatic rings. The van der Waals surface area contributed by atoms with E-state index >= 15 is 0 Å². The summed E-state index contributed by atoms with van der Waals surface area (Å²) in [5, 5.41) is 18.0. The summed E-state index contributed by atoms with van der Waals surface area (Å²) in [6.07, 6.45) is 1.43. The summed E-state index contributed by atoms with van der Waals surface area (Å²) in [4.78, 5) is 10.6. The second-order valence-electron chi connectivity index (χ2n) is 3.49. The fourth-order valence-corrected chi connectivity index (χ4v) is 1.55. The van der Waals surface area contributed by atoms with Crippen molar-refractivity contribution in [3.8, 4) is 0 Å². The lowest BCUT2D eigenvalue weighted by molar-refractivity contribution is -0.384. The first-order valence-electron chi connectivity index (χ1n) is 5.26. The van der Waals surface area contributed by atoms with Crippen molar-refractivity contribution in [3.05, 3.63) is 15.8 Å². The van der Waals surface area contributed by atoms with Gasteiger partial charge in [0.2, 0.25) is 5.82 Å². The van der Waals surface area contributed by atoms with Crippen LogP contribution in [0.1, 0.15) is 19.0 Å². The van der Waals surface area contributed by atoms with Gasteiger partial charge in [-0.15, -0.1) is 0 Å². The van der Waals surface area contributed by atoms with Gasteiger partial charge >= 0.3 is 5.69 Å². The minimum atomic E-state index is -0.392. The topological polar surface area (TPSA) is 99.0 Å². The Bertz CT molecular complexity index is 374. The van der Waals surface area contributed by atoms with Crippen LogP contribution in [0, 0.1) is 10.1 Å². The van der Waals surface area contributed by atoms with Crippen LogP contribution in [0.3, 0.4) is 0 Å². The van der Waals surface area contributed by atoms with Gasteiger partial charge in [-0.1, -0.05) is 13.3 Å². The summed E-state index contributed by atoms with van der Waals surface area (Å²) in [5.41, 5.74) is 5.95. The van der Waals surface area contributed by atoms with E-state index in [1.54, 1.807) is 7.05 Å². The van der Waals surface area contributed by atoms with Gasteiger partial charge in [-0.25, -0.2) is 4.68 Å². The molecule has 0 aromatic carbocycles. The highest BCUT2D eigenvalue weighted by Crippen LogP contribution is 2.28. The molecule has 0 saturated heterocycles. The molecule has 0 aliphatic heterocycles. The largest absolute Gasteiger partial charge is 0.363 e. The number of hydrogen-bond acceptors (Lipinski definition) is 5. The normalized spacial score (nSPS) is 10.4. The van der Waals surface area contributed by atoms with E-state index in [4.69, 9.17) is 5.73 Å². The smallest absolute Gasteiger partial charge is 0.333 e. The molecule has 1 heterocycles. The van der Waals surface area contributed by atoms with E-state index < -0.39 is 4.92 Å². The first kappa shape index (κ1) is 12.4. The highest BCUT2D eigenvalue weighted by molar-refractivity contribution is 5.59. The maximum absolute atomic E-state index is 11.0. The van der Waals surface area contributed by atoms with E-state index in [9.17, 15) is 10.1 Å². The van der Waals surface area contributed by atoms with E-state index in [0.29, 0.717) is 31.0 Å². The van der Waals surface area contributed by atoms with Gasteiger partial charge in [-0.2, -0.15) is 5.10 Å². The van der Waals surface area contributed by atoms with Crippen molar-refractivity contribution < 1.29 is 4.92 Å². The van der Waals surface area contributed by atoms with Gasteiger partial charge in [0.15, 0.2) is 0 Å². The zero-order valence-electron chi connectivity index (χ0n) is 9.56. The first-order chi connectivity index (χ1) is 7.61. The van der Waals surface area contributed by atoms with Gasteiger partial charge in [-0.3, -0.25) is 10.1 Å². The van der Waals surface area contributed by atoms with Gasteiger partial charge in [0.05, 0.1) is 4.92 Å². The summed E-state index contributed by atoms with van der Waals surface area (Å²) < 4.78 is 1.50. The molecular formula is C9H17N5O2. The monoisotopic (exact) mass is 227 g/mol. The average Bonchev–Trinajstić information content (AvgIpc) is 2.52. The number of nitro groups is 1. The molecule has 1 aromatic rings. The van der Waals surface area contributed by atoms with Crippen LogP contribution in [-0.4, -0.2) is 27.8 Å². The zero-order chi connectivity index (χ0) is 12.1. The molecule has 0 radical (unpaired) electrons. The van der Waals surface area contributed by atoms with Crippen LogP contribution in [0.2, 0.25) is 0 Å². The van der Waals surface area contributed by atoms with E-state index in [1.807, 2.05) is 6.92 Å².